The number of aliphatic carboxylic acids is 1. The van der Waals surface area contributed by atoms with Crippen molar-refractivity contribution in [2.45, 2.75) is 309 Å². The van der Waals surface area contributed by atoms with E-state index >= 15 is 0 Å². The molecule has 0 rings (SSSR count). The van der Waals surface area contributed by atoms with Gasteiger partial charge in [-0.3, -0.25) is 23.4 Å². The maximum atomic E-state index is 12.7. The largest absolute Gasteiger partial charge is 0.480 e. The summed E-state index contributed by atoms with van der Waals surface area (Å²) in [6, 6.07) is -1.52. The van der Waals surface area contributed by atoms with Crippen LogP contribution >= 0.6 is 7.82 Å². The Morgan fingerprint density at radius 3 is 1.12 bits per heavy atom. The fourth-order valence-corrected chi connectivity index (χ4v) is 9.32. The minimum atomic E-state index is -4.73. The highest BCUT2D eigenvalue weighted by Gasteiger charge is 2.28. The van der Waals surface area contributed by atoms with Crippen LogP contribution in [0.1, 0.15) is 296 Å². The van der Waals surface area contributed by atoms with Crippen LogP contribution < -0.4 is 5.73 Å². The van der Waals surface area contributed by atoms with Crippen LogP contribution in [0.3, 0.4) is 0 Å². The SMILES string of the molecule is CCCCCCCCCCCCCCCCCCCC/C=C/CCCC(=O)O[C@H](COC(=O)CCCCCCCCCCCCCCCCCCCCCCC)COP(=O)(O)OC[C@H](N)C(=O)O. The summed E-state index contributed by atoms with van der Waals surface area (Å²) in [5.41, 5.74) is 5.36. The fourth-order valence-electron chi connectivity index (χ4n) is 8.54. The first-order chi connectivity index (χ1) is 33.1. The third-order valence-electron chi connectivity index (χ3n) is 13.0. The number of phosphoric acid groups is 1. The van der Waals surface area contributed by atoms with Gasteiger partial charge in [0.25, 0.3) is 0 Å². The summed E-state index contributed by atoms with van der Waals surface area (Å²) in [5, 5.41) is 8.94. The summed E-state index contributed by atoms with van der Waals surface area (Å²) in [4.78, 5) is 46.3. The smallest absolute Gasteiger partial charge is 0.472 e. The Kier molecular flexibility index (Phi) is 50.2. The van der Waals surface area contributed by atoms with Crippen molar-refractivity contribution in [3.63, 3.8) is 0 Å². The Labute approximate surface area is 418 Å². The van der Waals surface area contributed by atoms with Gasteiger partial charge in [-0.1, -0.05) is 264 Å². The van der Waals surface area contributed by atoms with E-state index in [2.05, 4.69) is 26.0 Å². The molecule has 1 unspecified atom stereocenters. The van der Waals surface area contributed by atoms with Crippen LogP contribution in [-0.2, 0) is 37.5 Å². The molecule has 0 saturated heterocycles. The number of esters is 2. The molecule has 4 N–H and O–H groups in total. The van der Waals surface area contributed by atoms with Crippen molar-refractivity contribution in [1.82, 2.24) is 0 Å². The van der Waals surface area contributed by atoms with Gasteiger partial charge >= 0.3 is 25.7 Å². The van der Waals surface area contributed by atoms with E-state index in [1.54, 1.807) is 0 Å². The second-order valence-corrected chi connectivity index (χ2v) is 21.2. The molecule has 0 bridgehead atoms. The molecule has 0 aliphatic heterocycles. The highest BCUT2D eigenvalue weighted by atomic mass is 31.2. The molecular formula is C56H108NO10P. The lowest BCUT2D eigenvalue weighted by atomic mass is 10.0. The van der Waals surface area contributed by atoms with Crippen molar-refractivity contribution >= 4 is 25.7 Å². The summed E-state index contributed by atoms with van der Waals surface area (Å²) < 4.78 is 32.9. The van der Waals surface area contributed by atoms with E-state index in [0.29, 0.717) is 19.3 Å². The lowest BCUT2D eigenvalue weighted by molar-refractivity contribution is -0.161. The second-order valence-electron chi connectivity index (χ2n) is 19.8. The van der Waals surface area contributed by atoms with E-state index < -0.39 is 51.1 Å². The summed E-state index contributed by atoms with van der Waals surface area (Å²) in [5.74, 6) is -2.39. The lowest BCUT2D eigenvalue weighted by Crippen LogP contribution is -2.34. The molecule has 11 nitrogen and oxygen atoms in total. The van der Waals surface area contributed by atoms with E-state index in [9.17, 15) is 23.8 Å². The molecular weight excluding hydrogens is 878 g/mol. The molecule has 0 aliphatic carbocycles. The van der Waals surface area contributed by atoms with Crippen LogP contribution in [0, 0.1) is 0 Å². The minimum absolute atomic E-state index is 0.119. The minimum Gasteiger partial charge on any atom is -0.480 e. The molecule has 0 radical (unpaired) electrons. The predicted molar refractivity (Wildman–Crippen MR) is 282 cm³/mol. The van der Waals surface area contributed by atoms with Gasteiger partial charge in [0, 0.05) is 12.8 Å². The van der Waals surface area contributed by atoms with Crippen molar-refractivity contribution in [2.75, 3.05) is 19.8 Å². The third-order valence-corrected chi connectivity index (χ3v) is 14.0. The number of carbonyl (C=O) groups excluding carboxylic acids is 2. The highest BCUT2D eigenvalue weighted by molar-refractivity contribution is 7.47. The summed E-state index contributed by atoms with van der Waals surface area (Å²) >= 11 is 0. The molecule has 68 heavy (non-hydrogen) atoms. The number of carboxylic acids is 1. The second kappa shape index (κ2) is 51.6. The number of ether oxygens (including phenoxy) is 2. The maximum Gasteiger partial charge on any atom is 0.472 e. The molecule has 0 aromatic rings. The van der Waals surface area contributed by atoms with Gasteiger partial charge in [0.05, 0.1) is 13.2 Å². The van der Waals surface area contributed by atoms with Crippen LogP contribution in [0.25, 0.3) is 0 Å². The number of nitrogens with two attached hydrogens (primary N) is 1. The number of rotatable bonds is 55. The first-order valence-electron chi connectivity index (χ1n) is 28.7. The van der Waals surface area contributed by atoms with Gasteiger partial charge in [-0.25, -0.2) is 4.57 Å². The Balaban J connectivity index is 4.16. The predicted octanol–water partition coefficient (Wildman–Crippen LogP) is 16.7. The molecule has 0 fully saturated rings. The summed E-state index contributed by atoms with van der Waals surface area (Å²) in [6.07, 6.45) is 57.3. The van der Waals surface area contributed by atoms with E-state index in [1.807, 2.05) is 0 Å². The van der Waals surface area contributed by atoms with Gasteiger partial charge in [0.2, 0.25) is 0 Å². The van der Waals surface area contributed by atoms with Crippen LogP contribution in [-0.4, -0.2) is 59.9 Å². The Morgan fingerprint density at radius 1 is 0.441 bits per heavy atom. The average Bonchev–Trinajstić information content (AvgIpc) is 3.32. The van der Waals surface area contributed by atoms with Gasteiger partial charge < -0.3 is 25.2 Å². The normalized spacial score (nSPS) is 13.5. The number of allylic oxidation sites excluding steroid dienone is 2. The Hall–Kier alpha value is -1.78. The Morgan fingerprint density at radius 2 is 0.750 bits per heavy atom. The number of carbonyl (C=O) groups is 3. The molecule has 3 atom stereocenters. The standard InChI is InChI=1S/C56H108NO10P/c1-3-5-7-9-11-13-15-17-19-21-23-25-26-28-30-32-34-36-38-40-42-44-46-48-55(59)67-52(50-65-68(62,63)66-51-53(57)56(60)61)49-64-54(58)47-45-43-41-39-37-35-33-31-29-27-24-22-20-18-16-14-12-10-8-6-4-2/h40,42,52-53H,3-39,41,43-51,57H2,1-2H3,(H,60,61)(H,62,63)/b42-40+/t52-,53+/m1/s1. The fraction of sp³-hybridized carbons (Fsp3) is 0.911. The van der Waals surface area contributed by atoms with E-state index in [0.717, 1.165) is 32.1 Å². The molecule has 0 spiro atoms. The number of hydrogen-bond acceptors (Lipinski definition) is 9. The topological polar surface area (TPSA) is 172 Å². The quantitative estimate of drug-likeness (QED) is 0.0229. The monoisotopic (exact) mass is 986 g/mol. The molecule has 12 heteroatoms. The Bertz CT molecular complexity index is 1200. The van der Waals surface area contributed by atoms with Crippen molar-refractivity contribution in [2.24, 2.45) is 5.73 Å². The van der Waals surface area contributed by atoms with Crippen LogP contribution in [0.2, 0.25) is 0 Å². The van der Waals surface area contributed by atoms with Gasteiger partial charge in [-0.2, -0.15) is 0 Å². The number of phosphoric ester groups is 1. The maximum absolute atomic E-state index is 12.7. The van der Waals surface area contributed by atoms with Crippen LogP contribution in [0.4, 0.5) is 0 Å². The zero-order valence-corrected chi connectivity index (χ0v) is 45.1. The molecule has 0 saturated carbocycles. The molecule has 0 aliphatic rings. The molecule has 0 aromatic heterocycles. The molecule has 0 amide bonds. The van der Waals surface area contributed by atoms with E-state index in [-0.39, 0.29) is 19.4 Å². The number of carboxylic acid groups (broad SMARTS) is 1. The van der Waals surface area contributed by atoms with Crippen molar-refractivity contribution in [3.05, 3.63) is 12.2 Å². The molecule has 0 aromatic carbocycles. The zero-order chi connectivity index (χ0) is 49.9. The zero-order valence-electron chi connectivity index (χ0n) is 44.2. The summed E-state index contributed by atoms with van der Waals surface area (Å²) in [6.45, 7) is 2.86. The number of hydrogen-bond donors (Lipinski definition) is 3. The highest BCUT2D eigenvalue weighted by Crippen LogP contribution is 2.43. The first-order valence-corrected chi connectivity index (χ1v) is 30.2. The van der Waals surface area contributed by atoms with Crippen LogP contribution in [0.15, 0.2) is 12.2 Å². The first kappa shape index (κ1) is 66.2. The van der Waals surface area contributed by atoms with Gasteiger partial charge in [0.15, 0.2) is 6.10 Å². The molecule has 0 heterocycles. The van der Waals surface area contributed by atoms with Crippen molar-refractivity contribution in [3.8, 4) is 0 Å². The third kappa shape index (κ3) is 50.6. The van der Waals surface area contributed by atoms with Crippen molar-refractivity contribution < 1.29 is 47.5 Å². The average molecular weight is 986 g/mol. The van der Waals surface area contributed by atoms with Crippen LogP contribution in [0.5, 0.6) is 0 Å². The number of unbranched alkanes of at least 4 members (excludes halogenated alkanes) is 39. The van der Waals surface area contributed by atoms with E-state index in [1.165, 1.54) is 218 Å². The lowest BCUT2D eigenvalue weighted by Gasteiger charge is -2.20. The van der Waals surface area contributed by atoms with E-state index in [4.69, 9.17) is 29.4 Å². The van der Waals surface area contributed by atoms with Gasteiger partial charge in [-0.15, -0.1) is 0 Å². The van der Waals surface area contributed by atoms with Gasteiger partial charge in [0.1, 0.15) is 12.6 Å². The van der Waals surface area contributed by atoms with Crippen molar-refractivity contribution in [1.29, 1.82) is 0 Å². The summed E-state index contributed by atoms with van der Waals surface area (Å²) in [7, 11) is -4.73. The van der Waals surface area contributed by atoms with Gasteiger partial charge in [-0.05, 0) is 32.1 Å². The molecule has 402 valence electrons.